The van der Waals surface area contributed by atoms with Crippen molar-refractivity contribution in [2.45, 2.75) is 39.5 Å². The maximum atomic E-state index is 13.2. The molecule has 1 aromatic heterocycles. The predicted molar refractivity (Wildman–Crippen MR) is 110 cm³/mol. The maximum absolute atomic E-state index is 13.2. The summed E-state index contributed by atoms with van der Waals surface area (Å²) in [6, 6.07) is 10.9. The van der Waals surface area contributed by atoms with Gasteiger partial charge in [0.2, 0.25) is 5.91 Å². The van der Waals surface area contributed by atoms with Gasteiger partial charge in [0, 0.05) is 30.1 Å². The number of hydrogen-bond donors (Lipinski definition) is 2. The van der Waals surface area contributed by atoms with E-state index in [-0.39, 0.29) is 11.7 Å². The number of carbonyl (C=O) groups is 1. The van der Waals surface area contributed by atoms with Crippen LogP contribution in [0.5, 0.6) is 5.75 Å². The van der Waals surface area contributed by atoms with Gasteiger partial charge in [-0.25, -0.2) is 4.39 Å². The molecular formula is C23H27FN2O2. The van der Waals surface area contributed by atoms with E-state index < -0.39 is 0 Å². The number of H-pyrrole nitrogens is 1. The number of halogens is 1. The van der Waals surface area contributed by atoms with Gasteiger partial charge in [0.25, 0.3) is 0 Å². The van der Waals surface area contributed by atoms with Crippen LogP contribution in [0.3, 0.4) is 0 Å². The lowest BCUT2D eigenvalue weighted by atomic mass is 10.1. The van der Waals surface area contributed by atoms with Crippen molar-refractivity contribution in [3.05, 3.63) is 65.1 Å². The molecule has 0 spiro atoms. The molecule has 0 aliphatic carbocycles. The van der Waals surface area contributed by atoms with E-state index >= 15 is 0 Å². The summed E-state index contributed by atoms with van der Waals surface area (Å²) in [5, 5.41) is 3.95. The molecule has 0 unspecified atom stereocenters. The van der Waals surface area contributed by atoms with Crippen molar-refractivity contribution in [3.63, 3.8) is 0 Å². The van der Waals surface area contributed by atoms with Gasteiger partial charge < -0.3 is 15.0 Å². The van der Waals surface area contributed by atoms with E-state index in [0.29, 0.717) is 26.0 Å². The Morgan fingerprint density at radius 3 is 2.86 bits per heavy atom. The van der Waals surface area contributed by atoms with Gasteiger partial charge in [0.1, 0.15) is 11.6 Å². The van der Waals surface area contributed by atoms with E-state index in [1.165, 1.54) is 17.7 Å². The average molecular weight is 382 g/mol. The van der Waals surface area contributed by atoms with Crippen molar-refractivity contribution in [1.29, 1.82) is 0 Å². The average Bonchev–Trinajstić information content (AvgIpc) is 3.06. The molecule has 28 heavy (non-hydrogen) atoms. The summed E-state index contributed by atoms with van der Waals surface area (Å²) in [6.45, 7) is 5.27. The molecule has 2 aromatic carbocycles. The Morgan fingerprint density at radius 2 is 2.00 bits per heavy atom. The summed E-state index contributed by atoms with van der Waals surface area (Å²) in [6.07, 6.45) is 4.72. The van der Waals surface area contributed by atoms with Crippen molar-refractivity contribution in [1.82, 2.24) is 10.3 Å². The van der Waals surface area contributed by atoms with Gasteiger partial charge in [0.15, 0.2) is 0 Å². The minimum absolute atomic E-state index is 0.0534. The first-order valence-corrected chi connectivity index (χ1v) is 9.75. The molecule has 0 aliphatic heterocycles. The number of aromatic amines is 1. The zero-order chi connectivity index (χ0) is 19.9. The number of fused-ring (bicyclic) bond motifs is 1. The first-order chi connectivity index (χ1) is 13.5. The highest BCUT2D eigenvalue weighted by molar-refractivity contribution is 5.83. The Bertz CT molecular complexity index is 949. The van der Waals surface area contributed by atoms with Crippen LogP contribution < -0.4 is 10.1 Å². The standard InChI is InChI=1S/C23H27FN2O2/c1-16-6-7-17(2)22(13-16)28-12-4-3-5-23(27)25-11-10-18-15-26-21-14-19(24)8-9-20(18)21/h6-9,13-15,26H,3-5,10-12H2,1-2H3,(H,25,27). The first kappa shape index (κ1) is 19.9. The fraction of sp³-hybridized carbons (Fsp3) is 0.348. The van der Waals surface area contributed by atoms with Crippen LogP contribution >= 0.6 is 0 Å². The van der Waals surface area contributed by atoms with Crippen molar-refractivity contribution in [2.75, 3.05) is 13.2 Å². The summed E-state index contributed by atoms with van der Waals surface area (Å²) >= 11 is 0. The van der Waals surface area contributed by atoms with Gasteiger partial charge in [0.05, 0.1) is 6.61 Å². The number of aromatic nitrogens is 1. The van der Waals surface area contributed by atoms with Gasteiger partial charge >= 0.3 is 0 Å². The molecular weight excluding hydrogens is 355 g/mol. The highest BCUT2D eigenvalue weighted by atomic mass is 19.1. The summed E-state index contributed by atoms with van der Waals surface area (Å²) in [7, 11) is 0. The van der Waals surface area contributed by atoms with Gasteiger partial charge in [-0.2, -0.15) is 0 Å². The largest absolute Gasteiger partial charge is 0.493 e. The molecule has 1 amide bonds. The fourth-order valence-corrected chi connectivity index (χ4v) is 3.22. The number of nitrogens with one attached hydrogen (secondary N) is 2. The molecule has 3 rings (SSSR count). The summed E-state index contributed by atoms with van der Waals surface area (Å²) < 4.78 is 19.0. The fourth-order valence-electron chi connectivity index (χ4n) is 3.22. The minimum atomic E-state index is -0.254. The highest BCUT2D eigenvalue weighted by Gasteiger charge is 2.06. The Balaban J connectivity index is 1.33. The molecule has 4 nitrogen and oxygen atoms in total. The molecule has 3 aromatic rings. The Morgan fingerprint density at radius 1 is 1.14 bits per heavy atom. The van der Waals surface area contributed by atoms with Crippen LogP contribution in [0.1, 0.15) is 36.0 Å². The van der Waals surface area contributed by atoms with Crippen LogP contribution in [0.25, 0.3) is 10.9 Å². The lowest BCUT2D eigenvalue weighted by Gasteiger charge is -2.10. The maximum Gasteiger partial charge on any atom is 0.220 e. The molecule has 0 bridgehead atoms. The number of ether oxygens (including phenoxy) is 1. The van der Waals surface area contributed by atoms with E-state index in [4.69, 9.17) is 4.74 Å². The summed E-state index contributed by atoms with van der Waals surface area (Å²) in [5.41, 5.74) is 4.17. The van der Waals surface area contributed by atoms with E-state index in [9.17, 15) is 9.18 Å². The third-order valence-electron chi connectivity index (χ3n) is 4.85. The lowest BCUT2D eigenvalue weighted by Crippen LogP contribution is -2.25. The van der Waals surface area contributed by atoms with Gasteiger partial charge in [-0.3, -0.25) is 4.79 Å². The topological polar surface area (TPSA) is 54.1 Å². The highest BCUT2D eigenvalue weighted by Crippen LogP contribution is 2.20. The van der Waals surface area contributed by atoms with Crippen LogP contribution in [-0.4, -0.2) is 24.0 Å². The van der Waals surface area contributed by atoms with Crippen LogP contribution in [0.15, 0.2) is 42.6 Å². The molecule has 0 atom stereocenters. The molecule has 0 radical (unpaired) electrons. The van der Waals surface area contributed by atoms with Crippen LogP contribution in [0.2, 0.25) is 0 Å². The molecule has 2 N–H and O–H groups in total. The lowest BCUT2D eigenvalue weighted by molar-refractivity contribution is -0.121. The zero-order valence-electron chi connectivity index (χ0n) is 16.5. The summed E-state index contributed by atoms with van der Waals surface area (Å²) in [4.78, 5) is 15.1. The molecule has 0 saturated carbocycles. The Labute approximate surface area is 165 Å². The van der Waals surface area contributed by atoms with Crippen molar-refractivity contribution >= 4 is 16.8 Å². The third-order valence-corrected chi connectivity index (χ3v) is 4.85. The van der Waals surface area contributed by atoms with Crippen molar-refractivity contribution in [2.24, 2.45) is 0 Å². The number of unbranched alkanes of at least 4 members (excludes halogenated alkanes) is 1. The quantitative estimate of drug-likeness (QED) is 0.521. The van der Waals surface area contributed by atoms with Crippen LogP contribution in [-0.2, 0) is 11.2 Å². The third kappa shape index (κ3) is 5.35. The second-order valence-corrected chi connectivity index (χ2v) is 7.18. The minimum Gasteiger partial charge on any atom is -0.493 e. The predicted octanol–water partition coefficient (Wildman–Crippen LogP) is 4.83. The van der Waals surface area contributed by atoms with E-state index in [1.54, 1.807) is 6.07 Å². The van der Waals surface area contributed by atoms with E-state index in [0.717, 1.165) is 40.6 Å². The van der Waals surface area contributed by atoms with Crippen molar-refractivity contribution in [3.8, 4) is 5.75 Å². The van der Waals surface area contributed by atoms with Gasteiger partial charge in [-0.05, 0) is 74.1 Å². The molecule has 148 valence electrons. The second-order valence-electron chi connectivity index (χ2n) is 7.18. The molecule has 0 fully saturated rings. The number of benzene rings is 2. The number of carbonyl (C=O) groups excluding carboxylic acids is 1. The van der Waals surface area contributed by atoms with Gasteiger partial charge in [-0.1, -0.05) is 12.1 Å². The molecule has 0 saturated heterocycles. The molecule has 1 heterocycles. The number of amides is 1. The zero-order valence-corrected chi connectivity index (χ0v) is 16.5. The smallest absolute Gasteiger partial charge is 0.220 e. The van der Waals surface area contributed by atoms with E-state index in [2.05, 4.69) is 22.4 Å². The normalized spacial score (nSPS) is 11.0. The molecule has 5 heteroatoms. The van der Waals surface area contributed by atoms with Crippen LogP contribution in [0, 0.1) is 19.7 Å². The number of hydrogen-bond acceptors (Lipinski definition) is 2. The van der Waals surface area contributed by atoms with Crippen molar-refractivity contribution < 1.29 is 13.9 Å². The van der Waals surface area contributed by atoms with E-state index in [1.807, 2.05) is 26.1 Å². The molecule has 0 aliphatic rings. The first-order valence-electron chi connectivity index (χ1n) is 9.75. The Kier molecular flexibility index (Phi) is 6.69. The SMILES string of the molecule is Cc1ccc(C)c(OCCCCC(=O)NCCc2c[nH]c3cc(F)ccc23)c1. The van der Waals surface area contributed by atoms with Gasteiger partial charge in [-0.15, -0.1) is 0 Å². The van der Waals surface area contributed by atoms with Crippen LogP contribution in [0.4, 0.5) is 4.39 Å². The second kappa shape index (κ2) is 9.40. The monoisotopic (exact) mass is 382 g/mol. The Hall–Kier alpha value is -2.82. The number of aryl methyl sites for hydroxylation is 2. The summed E-state index contributed by atoms with van der Waals surface area (Å²) in [5.74, 6) is 0.719. The number of rotatable bonds is 9.